The Morgan fingerprint density at radius 2 is 1.93 bits per heavy atom. The minimum Gasteiger partial charge on any atom is -0.507 e. The first-order valence-electron chi connectivity index (χ1n) is 11.0. The first-order chi connectivity index (χ1) is 13.2. The molecular weight excluding hydrogens is 348 g/mol. The molecule has 1 aliphatic heterocycles. The van der Waals surface area contributed by atoms with Crippen LogP contribution in [0.25, 0.3) is 5.57 Å². The molecule has 1 aromatic rings. The van der Waals surface area contributed by atoms with Crippen LogP contribution in [0.1, 0.15) is 97.1 Å². The van der Waals surface area contributed by atoms with Crippen LogP contribution in [-0.4, -0.2) is 16.5 Å². The molecule has 0 radical (unpaired) electrons. The molecule has 0 saturated carbocycles. The summed E-state index contributed by atoms with van der Waals surface area (Å²) in [6.07, 6.45) is 6.33. The average molecular weight is 385 g/mol. The number of ketones is 1. The zero-order valence-electron chi connectivity index (χ0n) is 18.4. The number of hydrogen-bond donors (Lipinski definition) is 1. The molecule has 3 nitrogen and oxygen atoms in total. The van der Waals surface area contributed by atoms with Crippen molar-refractivity contribution in [1.29, 1.82) is 0 Å². The van der Waals surface area contributed by atoms with Crippen molar-refractivity contribution in [3.63, 3.8) is 0 Å². The third kappa shape index (κ3) is 3.86. The summed E-state index contributed by atoms with van der Waals surface area (Å²) in [5.74, 6) is 2.34. The van der Waals surface area contributed by atoms with E-state index in [0.29, 0.717) is 24.2 Å². The summed E-state index contributed by atoms with van der Waals surface area (Å²) in [6, 6.07) is 4.00. The van der Waals surface area contributed by atoms with Gasteiger partial charge in [0.25, 0.3) is 0 Å². The van der Waals surface area contributed by atoms with Crippen LogP contribution >= 0.6 is 0 Å². The number of benzene rings is 1. The number of aromatic hydroxyl groups is 1. The molecule has 3 unspecified atom stereocenters. The number of fused-ring (bicyclic) bond motifs is 2. The predicted octanol–water partition coefficient (Wildman–Crippen LogP) is 6.64. The summed E-state index contributed by atoms with van der Waals surface area (Å²) in [5.41, 5.74) is 2.95. The highest BCUT2D eigenvalue weighted by molar-refractivity contribution is 6.07. The molecule has 0 bridgehead atoms. The molecule has 3 heteroatoms. The number of allylic oxidation sites excluding steroid dienone is 1. The normalized spacial score (nSPS) is 22.9. The molecule has 1 N–H and O–H groups in total. The van der Waals surface area contributed by atoms with Crippen LogP contribution in [0.15, 0.2) is 17.7 Å². The summed E-state index contributed by atoms with van der Waals surface area (Å²) in [6.45, 7) is 12.8. The second-order valence-corrected chi connectivity index (χ2v) is 9.58. The largest absolute Gasteiger partial charge is 0.507 e. The standard InChI is InChI=1S/C25H36O3/c1-7-8-9-10-16(3)17(4)18-13-20(26)23-19-11-15(2)12-21(27)24(19)25(5,6)28-22(23)14-18/h13-17,26H,7-12H2,1-6H3. The molecule has 1 aliphatic carbocycles. The maximum atomic E-state index is 12.7. The molecule has 1 aromatic carbocycles. The predicted molar refractivity (Wildman–Crippen MR) is 115 cm³/mol. The Hall–Kier alpha value is -1.77. The Morgan fingerprint density at radius 1 is 1.21 bits per heavy atom. The third-order valence-electron chi connectivity index (χ3n) is 6.68. The van der Waals surface area contributed by atoms with Crippen LogP contribution in [0.4, 0.5) is 0 Å². The van der Waals surface area contributed by atoms with Gasteiger partial charge in [0.05, 0.1) is 5.56 Å². The second kappa shape index (κ2) is 7.93. The highest BCUT2D eigenvalue weighted by atomic mass is 16.5. The van der Waals surface area contributed by atoms with E-state index in [4.69, 9.17) is 4.74 Å². The van der Waals surface area contributed by atoms with Crippen molar-refractivity contribution in [3.05, 3.63) is 28.8 Å². The van der Waals surface area contributed by atoms with Crippen molar-refractivity contribution in [2.75, 3.05) is 0 Å². The quantitative estimate of drug-likeness (QED) is 0.559. The number of unbranched alkanes of at least 4 members (excludes halogenated alkanes) is 2. The Morgan fingerprint density at radius 3 is 2.61 bits per heavy atom. The van der Waals surface area contributed by atoms with Crippen molar-refractivity contribution in [2.45, 2.75) is 91.6 Å². The fraction of sp³-hybridized carbons (Fsp3) is 0.640. The lowest BCUT2D eigenvalue weighted by Crippen LogP contribution is -2.40. The van der Waals surface area contributed by atoms with E-state index < -0.39 is 5.60 Å². The number of carbonyl (C=O) groups is 1. The number of rotatable bonds is 6. The summed E-state index contributed by atoms with van der Waals surface area (Å²) >= 11 is 0. The monoisotopic (exact) mass is 384 g/mol. The van der Waals surface area contributed by atoms with Crippen molar-refractivity contribution < 1.29 is 14.6 Å². The lowest BCUT2D eigenvalue weighted by Gasteiger charge is -2.40. The van der Waals surface area contributed by atoms with Crippen molar-refractivity contribution >= 4 is 11.4 Å². The molecule has 0 amide bonds. The lowest BCUT2D eigenvalue weighted by molar-refractivity contribution is -0.118. The SMILES string of the molecule is CCCCCC(C)C(C)c1cc(O)c2c(c1)OC(C)(C)C1=C2CC(C)CC1=O. The van der Waals surface area contributed by atoms with Crippen LogP contribution in [0, 0.1) is 11.8 Å². The van der Waals surface area contributed by atoms with Gasteiger partial charge in [0.15, 0.2) is 5.78 Å². The van der Waals surface area contributed by atoms with Gasteiger partial charge in [-0.2, -0.15) is 0 Å². The lowest BCUT2D eigenvalue weighted by atomic mass is 9.73. The van der Waals surface area contributed by atoms with Gasteiger partial charge < -0.3 is 9.84 Å². The van der Waals surface area contributed by atoms with Gasteiger partial charge >= 0.3 is 0 Å². The van der Waals surface area contributed by atoms with Crippen LogP contribution in [0.3, 0.4) is 0 Å². The van der Waals surface area contributed by atoms with Crippen molar-refractivity contribution in [1.82, 2.24) is 0 Å². The van der Waals surface area contributed by atoms with Crippen LogP contribution in [-0.2, 0) is 4.79 Å². The second-order valence-electron chi connectivity index (χ2n) is 9.58. The van der Waals surface area contributed by atoms with Crippen LogP contribution in [0.5, 0.6) is 11.5 Å². The third-order valence-corrected chi connectivity index (χ3v) is 6.68. The summed E-state index contributed by atoms with van der Waals surface area (Å²) in [7, 11) is 0. The van der Waals surface area contributed by atoms with Crippen LogP contribution in [0.2, 0.25) is 0 Å². The van der Waals surface area contributed by atoms with Gasteiger partial charge in [0, 0.05) is 12.0 Å². The first-order valence-corrected chi connectivity index (χ1v) is 11.0. The minimum absolute atomic E-state index is 0.158. The Labute approximate surface area is 170 Å². The van der Waals surface area contributed by atoms with Gasteiger partial charge in [-0.3, -0.25) is 4.79 Å². The van der Waals surface area contributed by atoms with Crippen molar-refractivity contribution in [3.8, 4) is 11.5 Å². The zero-order valence-corrected chi connectivity index (χ0v) is 18.4. The van der Waals surface area contributed by atoms with Gasteiger partial charge in [-0.15, -0.1) is 0 Å². The molecular formula is C25H36O3. The summed E-state index contributed by atoms with van der Waals surface area (Å²) in [5, 5.41) is 10.9. The summed E-state index contributed by atoms with van der Waals surface area (Å²) < 4.78 is 6.31. The van der Waals surface area contributed by atoms with E-state index in [9.17, 15) is 9.90 Å². The summed E-state index contributed by atoms with van der Waals surface area (Å²) in [4.78, 5) is 12.7. The molecule has 154 valence electrons. The van der Waals surface area contributed by atoms with Gasteiger partial charge in [0.1, 0.15) is 17.1 Å². The highest BCUT2D eigenvalue weighted by Gasteiger charge is 2.43. The number of ether oxygens (including phenoxy) is 1. The fourth-order valence-electron chi connectivity index (χ4n) is 4.92. The molecule has 0 aromatic heterocycles. The van der Waals surface area contributed by atoms with Crippen molar-refractivity contribution in [2.24, 2.45) is 11.8 Å². The maximum absolute atomic E-state index is 12.7. The molecule has 0 spiro atoms. The van der Waals surface area contributed by atoms with E-state index in [-0.39, 0.29) is 11.5 Å². The van der Waals surface area contributed by atoms with E-state index in [1.807, 2.05) is 19.9 Å². The van der Waals surface area contributed by atoms with E-state index in [0.717, 1.165) is 34.4 Å². The van der Waals surface area contributed by atoms with Gasteiger partial charge in [0.2, 0.25) is 0 Å². The zero-order chi connectivity index (χ0) is 20.6. The molecule has 0 saturated heterocycles. The van der Waals surface area contributed by atoms with E-state index in [1.165, 1.54) is 25.7 Å². The number of phenolic OH excluding ortho intramolecular Hbond substituents is 1. The average Bonchev–Trinajstić information content (AvgIpc) is 2.58. The number of Topliss-reactive ketones (excluding diaryl/α,β-unsaturated/α-hetero) is 1. The smallest absolute Gasteiger partial charge is 0.163 e. The van der Waals surface area contributed by atoms with Gasteiger partial charge in [-0.1, -0.05) is 53.4 Å². The Balaban J connectivity index is 1.99. The van der Waals surface area contributed by atoms with Crippen LogP contribution < -0.4 is 4.74 Å². The Bertz CT molecular complexity index is 787. The molecule has 2 aliphatic rings. The topological polar surface area (TPSA) is 46.5 Å². The minimum atomic E-state index is -0.652. The number of hydrogen-bond acceptors (Lipinski definition) is 3. The van der Waals surface area contributed by atoms with E-state index >= 15 is 0 Å². The fourth-order valence-corrected chi connectivity index (χ4v) is 4.92. The molecule has 28 heavy (non-hydrogen) atoms. The Kier molecular flexibility index (Phi) is 5.93. The first kappa shape index (κ1) is 21.0. The molecule has 0 fully saturated rings. The van der Waals surface area contributed by atoms with E-state index in [1.54, 1.807) is 0 Å². The molecule has 1 heterocycles. The maximum Gasteiger partial charge on any atom is 0.163 e. The molecule has 3 rings (SSSR count). The van der Waals surface area contributed by atoms with E-state index in [2.05, 4.69) is 33.8 Å². The number of carbonyl (C=O) groups excluding carboxylic acids is 1. The van der Waals surface area contributed by atoms with Gasteiger partial charge in [-0.05, 0) is 61.3 Å². The molecule has 3 atom stereocenters. The highest BCUT2D eigenvalue weighted by Crippen LogP contribution is 2.51. The number of phenols is 1. The van der Waals surface area contributed by atoms with Gasteiger partial charge in [-0.25, -0.2) is 0 Å².